The van der Waals surface area contributed by atoms with Crippen LogP contribution in [0.2, 0.25) is 0 Å². The van der Waals surface area contributed by atoms with Crippen molar-refractivity contribution in [3.8, 4) is 0 Å². The number of hydrogen-bond donors (Lipinski definition) is 1. The summed E-state index contributed by atoms with van der Waals surface area (Å²) in [7, 11) is 0. The van der Waals surface area contributed by atoms with Crippen molar-refractivity contribution in [2.45, 2.75) is 44.6 Å². The molecule has 0 spiro atoms. The predicted molar refractivity (Wildman–Crippen MR) is 92.0 cm³/mol. The van der Waals surface area contributed by atoms with Gasteiger partial charge in [0, 0.05) is 19.0 Å². The number of nitrogens with zero attached hydrogens (tertiary/aromatic N) is 1. The molecule has 25 heavy (non-hydrogen) atoms. The molecular weight excluding hydrogens is 319 g/mol. The Labute approximate surface area is 147 Å². The number of carbonyl (C=O) groups excluding carboxylic acids is 2. The first-order valence-electron chi connectivity index (χ1n) is 9.45. The first kappa shape index (κ1) is 16.6. The van der Waals surface area contributed by atoms with E-state index in [2.05, 4.69) is 5.32 Å². The van der Waals surface area contributed by atoms with E-state index in [0.717, 1.165) is 37.8 Å². The second-order valence-electron chi connectivity index (χ2n) is 7.80. The van der Waals surface area contributed by atoms with Crippen LogP contribution in [-0.4, -0.2) is 29.8 Å². The van der Waals surface area contributed by atoms with E-state index >= 15 is 0 Å². The number of carbonyl (C=O) groups is 2. The smallest absolute Gasteiger partial charge is 0.226 e. The molecule has 2 amide bonds. The maximum absolute atomic E-state index is 13.2. The minimum Gasteiger partial charge on any atom is -0.356 e. The lowest BCUT2D eigenvalue weighted by Crippen LogP contribution is -2.47. The summed E-state index contributed by atoms with van der Waals surface area (Å²) in [6.07, 6.45) is 5.85. The van der Waals surface area contributed by atoms with Crippen molar-refractivity contribution in [2.24, 2.45) is 17.8 Å². The summed E-state index contributed by atoms with van der Waals surface area (Å²) in [6, 6.07) is 6.38. The number of hydrogen-bond acceptors (Lipinski definition) is 2. The van der Waals surface area contributed by atoms with Crippen molar-refractivity contribution in [2.75, 3.05) is 13.1 Å². The Morgan fingerprint density at radius 3 is 2.32 bits per heavy atom. The molecule has 2 atom stereocenters. The number of amides is 2. The molecule has 1 aromatic rings. The van der Waals surface area contributed by atoms with Gasteiger partial charge in [0.1, 0.15) is 5.82 Å². The van der Waals surface area contributed by atoms with Gasteiger partial charge in [0.25, 0.3) is 0 Å². The largest absolute Gasteiger partial charge is 0.356 e. The van der Waals surface area contributed by atoms with Gasteiger partial charge in [-0.05, 0) is 62.1 Å². The fourth-order valence-electron chi connectivity index (χ4n) is 3.74. The van der Waals surface area contributed by atoms with Gasteiger partial charge in [0.05, 0.1) is 12.0 Å². The minimum atomic E-state index is -0.267. The van der Waals surface area contributed by atoms with E-state index in [4.69, 9.17) is 0 Å². The summed E-state index contributed by atoms with van der Waals surface area (Å²) in [6.45, 7) is 1.25. The van der Waals surface area contributed by atoms with Crippen LogP contribution in [0.15, 0.2) is 24.3 Å². The third-order valence-electron chi connectivity index (χ3n) is 5.68. The van der Waals surface area contributed by atoms with Crippen LogP contribution in [0.5, 0.6) is 0 Å². The average Bonchev–Trinajstić information content (AvgIpc) is 3.53. The second kappa shape index (κ2) is 6.77. The molecule has 5 heteroatoms. The number of piperidine rings is 1. The Bertz CT molecular complexity index is 652. The summed E-state index contributed by atoms with van der Waals surface area (Å²) in [4.78, 5) is 27.1. The van der Waals surface area contributed by atoms with Gasteiger partial charge in [-0.3, -0.25) is 9.59 Å². The molecule has 0 unspecified atom stereocenters. The van der Waals surface area contributed by atoms with E-state index in [1.807, 2.05) is 4.90 Å². The Morgan fingerprint density at radius 1 is 1.00 bits per heavy atom. The molecule has 3 fully saturated rings. The highest BCUT2D eigenvalue weighted by molar-refractivity contribution is 5.84. The molecule has 1 aliphatic heterocycles. The van der Waals surface area contributed by atoms with E-state index in [1.54, 1.807) is 12.1 Å². The topological polar surface area (TPSA) is 49.4 Å². The van der Waals surface area contributed by atoms with Crippen LogP contribution in [0.3, 0.4) is 0 Å². The predicted octanol–water partition coefficient (Wildman–Crippen LogP) is 3.04. The fourth-order valence-corrected chi connectivity index (χ4v) is 3.74. The lowest BCUT2D eigenvalue weighted by atomic mass is 9.88. The Balaban J connectivity index is 1.47. The summed E-state index contributed by atoms with van der Waals surface area (Å²) in [5.41, 5.74) is 0.965. The van der Waals surface area contributed by atoms with Crippen molar-refractivity contribution in [1.82, 2.24) is 10.2 Å². The molecule has 4 nitrogen and oxygen atoms in total. The van der Waals surface area contributed by atoms with Crippen LogP contribution in [0, 0.1) is 23.6 Å². The standard InChI is InChI=1S/C20H25FN2O2/c21-17-8-5-14(6-9-17)18-10-7-16(19(24)22-11-13-1-2-13)12-23(18)20(25)15-3-4-15/h5-6,8-9,13,15-16,18H,1-4,7,10-12H2,(H,22,24)/t16-,18-/m1/s1. The lowest BCUT2D eigenvalue weighted by molar-refractivity contribution is -0.140. The maximum atomic E-state index is 13.2. The van der Waals surface area contributed by atoms with E-state index in [1.165, 1.54) is 25.0 Å². The summed E-state index contributed by atoms with van der Waals surface area (Å²) >= 11 is 0. The van der Waals surface area contributed by atoms with Crippen LogP contribution in [-0.2, 0) is 9.59 Å². The quantitative estimate of drug-likeness (QED) is 0.892. The molecule has 1 heterocycles. The number of nitrogens with one attached hydrogen (secondary N) is 1. The van der Waals surface area contributed by atoms with Crippen molar-refractivity contribution < 1.29 is 14.0 Å². The minimum absolute atomic E-state index is 0.0406. The molecule has 2 saturated carbocycles. The molecule has 1 aromatic carbocycles. The van der Waals surface area contributed by atoms with E-state index < -0.39 is 0 Å². The molecule has 3 aliphatic rings. The first-order valence-corrected chi connectivity index (χ1v) is 9.45. The number of halogens is 1. The van der Waals surface area contributed by atoms with E-state index in [-0.39, 0.29) is 35.5 Å². The zero-order valence-corrected chi connectivity index (χ0v) is 14.4. The zero-order chi connectivity index (χ0) is 17.4. The van der Waals surface area contributed by atoms with Gasteiger partial charge in [0.2, 0.25) is 11.8 Å². The van der Waals surface area contributed by atoms with Crippen LogP contribution >= 0.6 is 0 Å². The van der Waals surface area contributed by atoms with Gasteiger partial charge in [-0.25, -0.2) is 4.39 Å². The van der Waals surface area contributed by atoms with Gasteiger partial charge >= 0.3 is 0 Å². The zero-order valence-electron chi connectivity index (χ0n) is 14.4. The normalized spacial score (nSPS) is 26.4. The number of benzene rings is 1. The van der Waals surface area contributed by atoms with Gasteiger partial charge in [0.15, 0.2) is 0 Å². The summed E-state index contributed by atoms with van der Waals surface area (Å²) in [5, 5.41) is 3.05. The van der Waals surface area contributed by atoms with Gasteiger partial charge in [-0.2, -0.15) is 0 Å². The first-order chi connectivity index (χ1) is 12.1. The highest BCUT2D eigenvalue weighted by Crippen LogP contribution is 2.39. The second-order valence-corrected chi connectivity index (χ2v) is 7.80. The van der Waals surface area contributed by atoms with Gasteiger partial charge < -0.3 is 10.2 Å². The Kier molecular flexibility index (Phi) is 4.48. The fraction of sp³-hybridized carbons (Fsp3) is 0.600. The maximum Gasteiger partial charge on any atom is 0.226 e. The third-order valence-corrected chi connectivity index (χ3v) is 5.68. The Hall–Kier alpha value is -1.91. The van der Waals surface area contributed by atoms with Gasteiger partial charge in [-0.15, -0.1) is 0 Å². The van der Waals surface area contributed by atoms with Crippen molar-refractivity contribution in [3.05, 3.63) is 35.6 Å². The molecule has 0 bridgehead atoms. The highest BCUT2D eigenvalue weighted by atomic mass is 19.1. The molecule has 0 aromatic heterocycles. The number of likely N-dealkylation sites (tertiary alicyclic amines) is 1. The molecule has 1 saturated heterocycles. The summed E-state index contributed by atoms with van der Waals surface area (Å²) < 4.78 is 13.2. The SMILES string of the molecule is O=C(NCC1CC1)[C@@H]1CC[C@H](c2ccc(F)cc2)N(C(=O)C2CC2)C1. The number of rotatable bonds is 5. The van der Waals surface area contributed by atoms with Crippen molar-refractivity contribution >= 4 is 11.8 Å². The highest BCUT2D eigenvalue weighted by Gasteiger charge is 2.41. The van der Waals surface area contributed by atoms with Crippen LogP contribution in [0.4, 0.5) is 4.39 Å². The van der Waals surface area contributed by atoms with Crippen molar-refractivity contribution in [1.29, 1.82) is 0 Å². The molecule has 134 valence electrons. The van der Waals surface area contributed by atoms with Crippen LogP contribution < -0.4 is 5.32 Å². The molecular formula is C20H25FN2O2. The molecule has 0 radical (unpaired) electrons. The molecule has 2 aliphatic carbocycles. The Morgan fingerprint density at radius 2 is 1.68 bits per heavy atom. The van der Waals surface area contributed by atoms with E-state index in [0.29, 0.717) is 12.5 Å². The summed E-state index contributed by atoms with van der Waals surface area (Å²) in [5.74, 6) is 0.627. The third kappa shape index (κ3) is 3.86. The molecule has 1 N–H and O–H groups in total. The average molecular weight is 344 g/mol. The van der Waals surface area contributed by atoms with Crippen LogP contribution in [0.1, 0.15) is 50.1 Å². The molecule has 4 rings (SSSR count). The lowest BCUT2D eigenvalue weighted by Gasteiger charge is -2.39. The van der Waals surface area contributed by atoms with Gasteiger partial charge in [-0.1, -0.05) is 12.1 Å². The van der Waals surface area contributed by atoms with Crippen molar-refractivity contribution in [3.63, 3.8) is 0 Å². The van der Waals surface area contributed by atoms with E-state index in [9.17, 15) is 14.0 Å². The monoisotopic (exact) mass is 344 g/mol. The van der Waals surface area contributed by atoms with Crippen LogP contribution in [0.25, 0.3) is 0 Å².